The summed E-state index contributed by atoms with van der Waals surface area (Å²) in [5.41, 5.74) is 6.58. The van der Waals surface area contributed by atoms with Crippen LogP contribution in [0, 0.1) is 0 Å². The summed E-state index contributed by atoms with van der Waals surface area (Å²) < 4.78 is 2.40. The van der Waals surface area contributed by atoms with Gasteiger partial charge < -0.3 is 0 Å². The standard InChI is InChI=1S/C44H27N3S/c1-2-10-34-27-45-43(25-31(34)8-1)47(36-21-22-38-41(26-36)48-42-24-33-9-4-6-12-40(33)46-44(38)42)35-19-17-28(18-20-35)32-16-15-30-14-13-29-7-3-5-11-37(29)39(30)23-32/h1-27H. The number of pyridine rings is 2. The van der Waals surface area contributed by atoms with Crippen LogP contribution in [0.25, 0.3) is 74.6 Å². The fourth-order valence-electron chi connectivity index (χ4n) is 7.01. The molecule has 0 unspecified atom stereocenters. The summed E-state index contributed by atoms with van der Waals surface area (Å²) in [6.45, 7) is 0. The van der Waals surface area contributed by atoms with Gasteiger partial charge in [-0.1, -0.05) is 103 Å². The number of fused-ring (bicyclic) bond motifs is 8. The Morgan fingerprint density at radius 1 is 0.438 bits per heavy atom. The largest absolute Gasteiger partial charge is 0.295 e. The first kappa shape index (κ1) is 27.1. The molecular weight excluding hydrogens is 603 g/mol. The molecule has 0 saturated carbocycles. The Bertz CT molecular complexity index is 2850. The molecule has 0 amide bonds. The lowest BCUT2D eigenvalue weighted by molar-refractivity contribution is 1.20. The van der Waals surface area contributed by atoms with Crippen molar-refractivity contribution in [1.29, 1.82) is 0 Å². The van der Waals surface area contributed by atoms with Crippen molar-refractivity contribution in [2.75, 3.05) is 4.90 Å². The predicted molar refractivity (Wildman–Crippen MR) is 205 cm³/mol. The number of anilines is 3. The van der Waals surface area contributed by atoms with Gasteiger partial charge in [0.2, 0.25) is 0 Å². The van der Waals surface area contributed by atoms with E-state index in [1.807, 2.05) is 6.20 Å². The second kappa shape index (κ2) is 10.7. The van der Waals surface area contributed by atoms with Gasteiger partial charge in [-0.25, -0.2) is 9.97 Å². The van der Waals surface area contributed by atoms with Crippen LogP contribution in [0.2, 0.25) is 0 Å². The van der Waals surface area contributed by atoms with Crippen molar-refractivity contribution in [3.63, 3.8) is 0 Å². The van der Waals surface area contributed by atoms with Crippen LogP contribution in [0.15, 0.2) is 164 Å². The average Bonchev–Trinajstić information content (AvgIpc) is 3.50. The number of thiophene rings is 1. The molecule has 0 radical (unpaired) electrons. The molecule has 0 spiro atoms. The predicted octanol–water partition coefficient (Wildman–Crippen LogP) is 12.6. The zero-order valence-electron chi connectivity index (χ0n) is 25.8. The van der Waals surface area contributed by atoms with Gasteiger partial charge in [0.1, 0.15) is 5.82 Å². The number of para-hydroxylation sites is 1. The quantitative estimate of drug-likeness (QED) is 0.181. The van der Waals surface area contributed by atoms with Crippen molar-refractivity contribution in [1.82, 2.24) is 9.97 Å². The lowest BCUT2D eigenvalue weighted by Gasteiger charge is -2.25. The number of hydrogen-bond acceptors (Lipinski definition) is 4. The van der Waals surface area contributed by atoms with E-state index in [2.05, 4.69) is 163 Å². The van der Waals surface area contributed by atoms with E-state index in [1.165, 1.54) is 52.8 Å². The van der Waals surface area contributed by atoms with E-state index in [0.29, 0.717) is 0 Å². The Kier molecular flexibility index (Phi) is 6.05. The highest BCUT2D eigenvalue weighted by Gasteiger charge is 2.17. The molecule has 48 heavy (non-hydrogen) atoms. The van der Waals surface area contributed by atoms with Crippen molar-refractivity contribution in [3.05, 3.63) is 164 Å². The van der Waals surface area contributed by atoms with Crippen LogP contribution in [0.3, 0.4) is 0 Å². The van der Waals surface area contributed by atoms with Crippen LogP contribution < -0.4 is 4.90 Å². The molecule has 0 bridgehead atoms. The van der Waals surface area contributed by atoms with Gasteiger partial charge in [-0.15, -0.1) is 11.3 Å². The number of aromatic nitrogens is 2. The Labute approximate surface area is 281 Å². The van der Waals surface area contributed by atoms with E-state index >= 15 is 0 Å². The molecule has 0 atom stereocenters. The van der Waals surface area contributed by atoms with E-state index in [-0.39, 0.29) is 0 Å². The van der Waals surface area contributed by atoms with Crippen molar-refractivity contribution in [2.24, 2.45) is 0 Å². The monoisotopic (exact) mass is 629 g/mol. The molecule has 0 N–H and O–H groups in total. The third kappa shape index (κ3) is 4.42. The molecule has 0 aliphatic carbocycles. The van der Waals surface area contributed by atoms with Gasteiger partial charge in [0.25, 0.3) is 0 Å². The van der Waals surface area contributed by atoms with E-state index < -0.39 is 0 Å². The first-order chi connectivity index (χ1) is 23.7. The molecule has 3 nitrogen and oxygen atoms in total. The number of benzene rings is 7. The highest BCUT2D eigenvalue weighted by atomic mass is 32.1. The summed E-state index contributed by atoms with van der Waals surface area (Å²) in [5.74, 6) is 0.878. The normalized spacial score (nSPS) is 11.8. The van der Waals surface area contributed by atoms with Gasteiger partial charge in [-0.05, 0) is 92.7 Å². The summed E-state index contributed by atoms with van der Waals surface area (Å²) in [5, 5.41) is 9.69. The van der Waals surface area contributed by atoms with Crippen LogP contribution >= 0.6 is 11.3 Å². The van der Waals surface area contributed by atoms with E-state index in [0.717, 1.165) is 39.0 Å². The highest BCUT2D eigenvalue weighted by molar-refractivity contribution is 7.25. The summed E-state index contributed by atoms with van der Waals surface area (Å²) in [4.78, 5) is 12.3. The molecule has 4 heteroatoms. The lowest BCUT2D eigenvalue weighted by Crippen LogP contribution is -2.11. The van der Waals surface area contributed by atoms with Crippen molar-refractivity contribution in [3.8, 4) is 11.1 Å². The third-order valence-corrected chi connectivity index (χ3v) is 10.5. The molecule has 0 fully saturated rings. The van der Waals surface area contributed by atoms with Gasteiger partial charge in [0, 0.05) is 38.4 Å². The Morgan fingerprint density at radius 3 is 2.00 bits per heavy atom. The summed E-state index contributed by atoms with van der Waals surface area (Å²) in [7, 11) is 0. The van der Waals surface area contributed by atoms with Gasteiger partial charge in [-0.3, -0.25) is 4.90 Å². The van der Waals surface area contributed by atoms with Gasteiger partial charge in [0.05, 0.1) is 15.7 Å². The minimum absolute atomic E-state index is 0.878. The van der Waals surface area contributed by atoms with Gasteiger partial charge >= 0.3 is 0 Å². The van der Waals surface area contributed by atoms with Crippen LogP contribution in [-0.2, 0) is 0 Å². The van der Waals surface area contributed by atoms with Crippen LogP contribution in [-0.4, -0.2) is 9.97 Å². The van der Waals surface area contributed by atoms with E-state index in [9.17, 15) is 0 Å². The van der Waals surface area contributed by atoms with E-state index in [1.54, 1.807) is 11.3 Å². The number of nitrogens with zero attached hydrogens (tertiary/aromatic N) is 3. The average molecular weight is 630 g/mol. The zero-order chi connectivity index (χ0) is 31.6. The SMILES string of the molecule is c1ccc2cc(N(c3ccc(-c4ccc5ccc6ccccc6c5c4)cc3)c3ccc4c(c3)sc3cc5ccccc5nc34)ncc2c1. The molecule has 10 rings (SSSR count). The second-order valence-corrected chi connectivity index (χ2v) is 13.4. The van der Waals surface area contributed by atoms with Crippen molar-refractivity contribution < 1.29 is 0 Å². The van der Waals surface area contributed by atoms with Crippen LogP contribution in [0.1, 0.15) is 0 Å². The molecule has 0 aliphatic heterocycles. The lowest BCUT2D eigenvalue weighted by atomic mass is 9.97. The Hall–Kier alpha value is -6.10. The summed E-state index contributed by atoms with van der Waals surface area (Å²) in [6, 6.07) is 56.6. The van der Waals surface area contributed by atoms with Gasteiger partial charge in [-0.2, -0.15) is 0 Å². The van der Waals surface area contributed by atoms with Crippen molar-refractivity contribution in [2.45, 2.75) is 0 Å². The Balaban J connectivity index is 1.11. The third-order valence-electron chi connectivity index (χ3n) is 9.44. The first-order valence-corrected chi connectivity index (χ1v) is 17.0. The molecule has 3 aromatic heterocycles. The Morgan fingerprint density at radius 2 is 1.12 bits per heavy atom. The molecule has 7 aromatic carbocycles. The fraction of sp³-hybridized carbons (Fsp3) is 0. The fourth-order valence-corrected chi connectivity index (χ4v) is 8.14. The van der Waals surface area contributed by atoms with Crippen LogP contribution in [0.4, 0.5) is 17.2 Å². The summed E-state index contributed by atoms with van der Waals surface area (Å²) >= 11 is 1.79. The maximum absolute atomic E-state index is 5.05. The number of hydrogen-bond donors (Lipinski definition) is 0. The van der Waals surface area contributed by atoms with E-state index in [4.69, 9.17) is 9.97 Å². The molecule has 0 aliphatic rings. The molecule has 10 aromatic rings. The van der Waals surface area contributed by atoms with Crippen molar-refractivity contribution >= 4 is 92.1 Å². The highest BCUT2D eigenvalue weighted by Crippen LogP contribution is 2.41. The molecule has 224 valence electrons. The van der Waals surface area contributed by atoms with Crippen LogP contribution in [0.5, 0.6) is 0 Å². The summed E-state index contributed by atoms with van der Waals surface area (Å²) in [6.07, 6.45) is 1.97. The first-order valence-electron chi connectivity index (χ1n) is 16.1. The zero-order valence-corrected chi connectivity index (χ0v) is 26.7. The molecule has 0 saturated heterocycles. The maximum atomic E-state index is 5.05. The number of rotatable bonds is 4. The topological polar surface area (TPSA) is 29.0 Å². The smallest absolute Gasteiger partial charge is 0.138 e. The second-order valence-electron chi connectivity index (χ2n) is 12.3. The minimum atomic E-state index is 0.878. The minimum Gasteiger partial charge on any atom is -0.295 e. The maximum Gasteiger partial charge on any atom is 0.138 e. The molecular formula is C44H27N3S. The molecule has 3 heterocycles. The van der Waals surface area contributed by atoms with Gasteiger partial charge in [0.15, 0.2) is 0 Å².